The average Bonchev–Trinajstić information content (AvgIpc) is 3.29. The van der Waals surface area contributed by atoms with Crippen LogP contribution in [-0.2, 0) is 11.3 Å². The number of likely N-dealkylation sites (tertiary alicyclic amines) is 1. The van der Waals surface area contributed by atoms with E-state index < -0.39 is 5.60 Å². The first kappa shape index (κ1) is 17.3. The van der Waals surface area contributed by atoms with Crippen molar-refractivity contribution in [3.05, 3.63) is 48.0 Å². The largest absolute Gasteiger partial charge is 0.439 e. The molecule has 1 spiro atoms. The van der Waals surface area contributed by atoms with Crippen molar-refractivity contribution >= 4 is 17.8 Å². The Morgan fingerprint density at radius 2 is 2.26 bits per heavy atom. The number of amides is 3. The van der Waals surface area contributed by atoms with E-state index >= 15 is 0 Å². The molecule has 1 aromatic carbocycles. The minimum atomic E-state index is -0.606. The van der Waals surface area contributed by atoms with E-state index in [9.17, 15) is 14.0 Å². The monoisotopic (exact) mass is 373 g/mol. The lowest BCUT2D eigenvalue weighted by Crippen LogP contribution is -2.40. The molecule has 0 radical (unpaired) electrons. The quantitative estimate of drug-likeness (QED) is 0.894. The van der Waals surface area contributed by atoms with E-state index in [1.54, 1.807) is 35.1 Å². The predicted molar refractivity (Wildman–Crippen MR) is 94.8 cm³/mol. The second kappa shape index (κ2) is 6.57. The zero-order valence-corrected chi connectivity index (χ0v) is 14.9. The first-order valence-corrected chi connectivity index (χ1v) is 8.69. The molecule has 2 fully saturated rings. The number of hydrogen-bond acceptors (Lipinski definition) is 4. The second-order valence-electron chi connectivity index (χ2n) is 7.07. The second-order valence-corrected chi connectivity index (χ2v) is 7.07. The summed E-state index contributed by atoms with van der Waals surface area (Å²) in [6.07, 6.45) is 3.51. The molecule has 0 aliphatic carbocycles. The highest BCUT2D eigenvalue weighted by molar-refractivity contribution is 5.89. The van der Waals surface area contributed by atoms with Crippen LogP contribution in [0.4, 0.5) is 19.7 Å². The van der Waals surface area contributed by atoms with E-state index in [4.69, 9.17) is 4.74 Å². The van der Waals surface area contributed by atoms with Crippen LogP contribution >= 0.6 is 0 Å². The maximum absolute atomic E-state index is 13.3. The molecule has 2 aromatic rings. The highest BCUT2D eigenvalue weighted by atomic mass is 19.1. The fraction of sp³-hybridized carbons (Fsp3) is 0.389. The van der Waals surface area contributed by atoms with Gasteiger partial charge in [-0.05, 0) is 17.7 Å². The van der Waals surface area contributed by atoms with Crippen molar-refractivity contribution in [2.75, 3.05) is 32.0 Å². The number of carbonyl (C=O) groups is 2. The Kier molecular flexibility index (Phi) is 4.21. The molecule has 1 N–H and O–H groups in total. The van der Waals surface area contributed by atoms with E-state index in [0.29, 0.717) is 38.3 Å². The minimum absolute atomic E-state index is 0.261. The maximum atomic E-state index is 13.3. The fourth-order valence-electron chi connectivity index (χ4n) is 3.56. The Morgan fingerprint density at radius 3 is 3.00 bits per heavy atom. The van der Waals surface area contributed by atoms with Crippen LogP contribution in [0.25, 0.3) is 0 Å². The maximum Gasteiger partial charge on any atom is 0.410 e. The Hall–Kier alpha value is -3.10. The third kappa shape index (κ3) is 3.57. The lowest BCUT2D eigenvalue weighted by Gasteiger charge is -2.21. The molecule has 8 nitrogen and oxygen atoms in total. The van der Waals surface area contributed by atoms with Gasteiger partial charge in [0.1, 0.15) is 5.82 Å². The van der Waals surface area contributed by atoms with Crippen molar-refractivity contribution in [2.45, 2.75) is 18.6 Å². The fourth-order valence-corrected chi connectivity index (χ4v) is 3.56. The normalized spacial score (nSPS) is 21.8. The summed E-state index contributed by atoms with van der Waals surface area (Å²) in [5.74, 6) is -0.297. The highest BCUT2D eigenvalue weighted by Gasteiger charge is 2.49. The summed E-state index contributed by atoms with van der Waals surface area (Å²) in [5, 5.41) is 7.00. The molecule has 0 bridgehead atoms. The third-order valence-corrected chi connectivity index (χ3v) is 4.86. The highest BCUT2D eigenvalue weighted by Crippen LogP contribution is 2.32. The van der Waals surface area contributed by atoms with Crippen molar-refractivity contribution in [1.82, 2.24) is 19.6 Å². The molecular weight excluding hydrogens is 353 g/mol. The van der Waals surface area contributed by atoms with E-state index in [1.165, 1.54) is 17.0 Å². The van der Waals surface area contributed by atoms with Gasteiger partial charge in [-0.2, -0.15) is 5.10 Å². The summed E-state index contributed by atoms with van der Waals surface area (Å²) < 4.78 is 20.3. The summed E-state index contributed by atoms with van der Waals surface area (Å²) in [7, 11) is 1.69. The van der Waals surface area contributed by atoms with Gasteiger partial charge in [0.25, 0.3) is 0 Å². The van der Waals surface area contributed by atoms with Crippen LogP contribution in [0.15, 0.2) is 36.7 Å². The first-order valence-electron chi connectivity index (χ1n) is 8.69. The molecule has 142 valence electrons. The third-order valence-electron chi connectivity index (χ3n) is 4.86. The lowest BCUT2D eigenvalue weighted by molar-refractivity contribution is 0.0663. The number of likely N-dealkylation sites (N-methyl/N-ethyl adjacent to an activating group) is 1. The Bertz CT molecular complexity index is 885. The van der Waals surface area contributed by atoms with Crippen molar-refractivity contribution in [1.29, 1.82) is 0 Å². The van der Waals surface area contributed by atoms with Crippen molar-refractivity contribution in [3.8, 4) is 0 Å². The molecule has 0 saturated carbocycles. The average molecular weight is 373 g/mol. The van der Waals surface area contributed by atoms with Crippen LogP contribution in [0.2, 0.25) is 0 Å². The van der Waals surface area contributed by atoms with Gasteiger partial charge in [-0.1, -0.05) is 12.1 Å². The molecule has 1 aromatic heterocycles. The van der Waals surface area contributed by atoms with Gasteiger partial charge in [0.15, 0.2) is 5.60 Å². The topological polar surface area (TPSA) is 79.7 Å². The van der Waals surface area contributed by atoms with Gasteiger partial charge >= 0.3 is 12.1 Å². The van der Waals surface area contributed by atoms with Crippen molar-refractivity contribution in [3.63, 3.8) is 0 Å². The molecule has 2 aliphatic heterocycles. The zero-order chi connectivity index (χ0) is 19.0. The van der Waals surface area contributed by atoms with E-state index in [-0.39, 0.29) is 17.9 Å². The van der Waals surface area contributed by atoms with Gasteiger partial charge in [0.2, 0.25) is 0 Å². The number of aromatic nitrogens is 2. The number of anilines is 1. The molecule has 3 amide bonds. The molecule has 0 unspecified atom stereocenters. The molecule has 2 aliphatic rings. The number of nitrogens with zero attached hydrogens (tertiary/aromatic N) is 4. The molecule has 9 heteroatoms. The van der Waals surface area contributed by atoms with Crippen LogP contribution in [0.1, 0.15) is 12.0 Å². The molecule has 1 atom stereocenters. The van der Waals surface area contributed by atoms with Crippen LogP contribution in [-0.4, -0.2) is 64.0 Å². The predicted octanol–water partition coefficient (Wildman–Crippen LogP) is 2.13. The van der Waals surface area contributed by atoms with Crippen LogP contribution in [0.3, 0.4) is 0 Å². The lowest BCUT2D eigenvalue weighted by atomic mass is 10.0. The van der Waals surface area contributed by atoms with Crippen molar-refractivity contribution < 1.29 is 18.7 Å². The van der Waals surface area contributed by atoms with E-state index in [0.717, 1.165) is 5.56 Å². The number of benzene rings is 1. The molecule has 3 heterocycles. The van der Waals surface area contributed by atoms with Crippen LogP contribution in [0, 0.1) is 5.82 Å². The summed E-state index contributed by atoms with van der Waals surface area (Å²) in [6, 6.07) is 6.03. The minimum Gasteiger partial charge on any atom is -0.439 e. The molecule has 2 saturated heterocycles. The number of nitrogens with one attached hydrogen (secondary N) is 1. The van der Waals surface area contributed by atoms with E-state index in [2.05, 4.69) is 10.4 Å². The summed E-state index contributed by atoms with van der Waals surface area (Å²) in [5.41, 5.74) is 0.729. The summed E-state index contributed by atoms with van der Waals surface area (Å²) in [6.45, 7) is 1.78. The van der Waals surface area contributed by atoms with Gasteiger partial charge in [-0.15, -0.1) is 0 Å². The Morgan fingerprint density at radius 1 is 1.41 bits per heavy atom. The van der Waals surface area contributed by atoms with Crippen LogP contribution < -0.4 is 5.32 Å². The summed E-state index contributed by atoms with van der Waals surface area (Å²) >= 11 is 0. The smallest absolute Gasteiger partial charge is 0.410 e. The Balaban J connectivity index is 1.35. The van der Waals surface area contributed by atoms with Gasteiger partial charge < -0.3 is 19.9 Å². The molecular formula is C18H20FN5O3. The van der Waals surface area contributed by atoms with Gasteiger partial charge in [-0.3, -0.25) is 4.68 Å². The van der Waals surface area contributed by atoms with Gasteiger partial charge in [-0.25, -0.2) is 14.0 Å². The SMILES string of the molecule is CN1C[C@@]2(CCN(C(=O)Nc3cnn(Cc4cccc(F)c4)c3)C2)OC1=O. The number of urea groups is 1. The number of halogens is 1. The standard InChI is InChI=1S/C18H20FN5O3/c1-22-11-18(27-17(22)26)5-6-23(12-18)16(25)21-15-8-20-24(10-15)9-13-3-2-4-14(19)7-13/h2-4,7-8,10H,5-6,9,11-12H2,1H3,(H,21,25)/t18-/m1/s1. The molecule has 4 rings (SSSR count). The van der Waals surface area contributed by atoms with E-state index in [1.807, 2.05) is 6.07 Å². The van der Waals surface area contributed by atoms with Crippen LogP contribution in [0.5, 0.6) is 0 Å². The Labute approximate surface area is 155 Å². The first-order chi connectivity index (χ1) is 12.9. The van der Waals surface area contributed by atoms with Gasteiger partial charge in [0, 0.05) is 26.2 Å². The number of carbonyl (C=O) groups excluding carboxylic acids is 2. The number of rotatable bonds is 3. The number of hydrogen-bond donors (Lipinski definition) is 1. The number of ether oxygens (including phenoxy) is 1. The zero-order valence-electron chi connectivity index (χ0n) is 14.9. The van der Waals surface area contributed by atoms with Gasteiger partial charge in [0.05, 0.1) is 31.5 Å². The van der Waals surface area contributed by atoms with Crippen molar-refractivity contribution in [2.24, 2.45) is 0 Å². The molecule has 27 heavy (non-hydrogen) atoms. The summed E-state index contributed by atoms with van der Waals surface area (Å²) in [4.78, 5) is 27.3.